The van der Waals surface area contributed by atoms with Gasteiger partial charge in [0.2, 0.25) is 0 Å². The van der Waals surface area contributed by atoms with E-state index in [9.17, 15) is 20.2 Å². The average molecular weight is 307 g/mol. The van der Waals surface area contributed by atoms with Crippen molar-refractivity contribution < 1.29 is 9.85 Å². The molecule has 0 unspecified atom stereocenters. The lowest BCUT2D eigenvalue weighted by Gasteiger charge is -2.05. The van der Waals surface area contributed by atoms with Gasteiger partial charge in [0.1, 0.15) is 0 Å². The quantitative estimate of drug-likeness (QED) is 0.482. The Hall–Kier alpha value is -2.32. The van der Waals surface area contributed by atoms with Crippen molar-refractivity contribution in [2.45, 2.75) is 13.0 Å². The molecule has 1 aromatic carbocycles. The Balaban J connectivity index is 1.98. The zero-order chi connectivity index (χ0) is 15.2. The number of nitro groups is 2. The Morgan fingerprint density at radius 2 is 1.95 bits per heavy atom. The summed E-state index contributed by atoms with van der Waals surface area (Å²) in [7, 11) is 0. The molecule has 0 saturated carbocycles. The van der Waals surface area contributed by atoms with Crippen molar-refractivity contribution in [2.75, 3.05) is 6.54 Å². The first-order chi connectivity index (χ1) is 10.1. The normalized spacial score (nSPS) is 10.5. The first-order valence-electron chi connectivity index (χ1n) is 6.21. The standard InChI is InChI=1S/C13H13N3O4S/c17-15(18)12-2-1-11(13(7-12)16(19)20)8-14-5-3-10-4-6-21-9-10/h1-2,4,6-7,9,14H,3,5,8H2. The smallest absolute Gasteiger partial charge is 0.280 e. The summed E-state index contributed by atoms with van der Waals surface area (Å²) in [6.07, 6.45) is 0.838. The number of nitrogens with zero attached hydrogens (tertiary/aromatic N) is 2. The van der Waals surface area contributed by atoms with Gasteiger partial charge >= 0.3 is 0 Å². The predicted molar refractivity (Wildman–Crippen MR) is 79.5 cm³/mol. The Kier molecular flexibility index (Phi) is 4.96. The first kappa shape index (κ1) is 15.1. The Morgan fingerprint density at radius 3 is 2.57 bits per heavy atom. The summed E-state index contributed by atoms with van der Waals surface area (Å²) in [5, 5.41) is 28.8. The molecule has 1 heterocycles. The van der Waals surface area contributed by atoms with Crippen LogP contribution in [-0.2, 0) is 13.0 Å². The van der Waals surface area contributed by atoms with Gasteiger partial charge < -0.3 is 5.32 Å². The lowest BCUT2D eigenvalue weighted by Crippen LogP contribution is -2.17. The van der Waals surface area contributed by atoms with Gasteiger partial charge in [-0.25, -0.2) is 0 Å². The third-order valence-electron chi connectivity index (χ3n) is 2.96. The van der Waals surface area contributed by atoms with Crippen LogP contribution in [0, 0.1) is 20.2 Å². The van der Waals surface area contributed by atoms with Gasteiger partial charge in [0, 0.05) is 18.2 Å². The van der Waals surface area contributed by atoms with E-state index >= 15 is 0 Å². The van der Waals surface area contributed by atoms with E-state index in [1.165, 1.54) is 17.7 Å². The fourth-order valence-electron chi connectivity index (χ4n) is 1.88. The summed E-state index contributed by atoms with van der Waals surface area (Å²) < 4.78 is 0. The van der Waals surface area contributed by atoms with Crippen LogP contribution < -0.4 is 5.32 Å². The second-order valence-electron chi connectivity index (χ2n) is 4.39. The van der Waals surface area contributed by atoms with Gasteiger partial charge in [-0.05, 0) is 41.4 Å². The highest BCUT2D eigenvalue weighted by atomic mass is 32.1. The van der Waals surface area contributed by atoms with Crippen LogP contribution in [0.25, 0.3) is 0 Å². The molecule has 2 aromatic rings. The number of thiophene rings is 1. The van der Waals surface area contributed by atoms with Crippen molar-refractivity contribution >= 4 is 22.7 Å². The minimum absolute atomic E-state index is 0.229. The summed E-state index contributed by atoms with van der Waals surface area (Å²) in [4.78, 5) is 20.4. The highest BCUT2D eigenvalue weighted by Crippen LogP contribution is 2.24. The molecule has 0 atom stereocenters. The van der Waals surface area contributed by atoms with E-state index in [2.05, 4.69) is 10.7 Å². The van der Waals surface area contributed by atoms with E-state index < -0.39 is 9.85 Å². The fraction of sp³-hybridized carbons (Fsp3) is 0.231. The summed E-state index contributed by atoms with van der Waals surface area (Å²) in [6, 6.07) is 5.73. The summed E-state index contributed by atoms with van der Waals surface area (Å²) in [6.45, 7) is 0.989. The van der Waals surface area contributed by atoms with Crippen LogP contribution in [-0.4, -0.2) is 16.4 Å². The van der Waals surface area contributed by atoms with Crippen LogP contribution in [0.1, 0.15) is 11.1 Å². The van der Waals surface area contributed by atoms with Crippen molar-refractivity contribution in [2.24, 2.45) is 0 Å². The van der Waals surface area contributed by atoms with Gasteiger partial charge in [-0.1, -0.05) is 0 Å². The van der Waals surface area contributed by atoms with Gasteiger partial charge in [-0.3, -0.25) is 20.2 Å². The van der Waals surface area contributed by atoms with Crippen LogP contribution in [0.3, 0.4) is 0 Å². The number of hydrogen-bond acceptors (Lipinski definition) is 6. The van der Waals surface area contributed by atoms with E-state index in [0.717, 1.165) is 12.5 Å². The second kappa shape index (κ2) is 6.91. The number of nitro benzene ring substituents is 2. The average Bonchev–Trinajstić information content (AvgIpc) is 2.96. The number of benzene rings is 1. The zero-order valence-corrected chi connectivity index (χ0v) is 11.8. The zero-order valence-electron chi connectivity index (χ0n) is 11.0. The Bertz CT molecular complexity index is 643. The van der Waals surface area contributed by atoms with Crippen LogP contribution in [0.15, 0.2) is 35.0 Å². The maximum Gasteiger partial charge on any atom is 0.280 e. The fourth-order valence-corrected chi connectivity index (χ4v) is 2.58. The van der Waals surface area contributed by atoms with E-state index in [0.29, 0.717) is 18.7 Å². The van der Waals surface area contributed by atoms with Crippen molar-refractivity contribution in [1.82, 2.24) is 5.32 Å². The molecule has 1 N–H and O–H groups in total. The predicted octanol–water partition coefficient (Wildman–Crippen LogP) is 2.90. The highest BCUT2D eigenvalue weighted by Gasteiger charge is 2.18. The van der Waals surface area contributed by atoms with Gasteiger partial charge in [-0.2, -0.15) is 11.3 Å². The van der Waals surface area contributed by atoms with Crippen LogP contribution in [0.5, 0.6) is 0 Å². The molecule has 0 radical (unpaired) electrons. The van der Waals surface area contributed by atoms with Gasteiger partial charge in [0.25, 0.3) is 11.4 Å². The van der Waals surface area contributed by atoms with E-state index in [4.69, 9.17) is 0 Å². The summed E-state index contributed by atoms with van der Waals surface area (Å²) >= 11 is 1.62. The van der Waals surface area contributed by atoms with Gasteiger partial charge in [-0.15, -0.1) is 0 Å². The molecule has 21 heavy (non-hydrogen) atoms. The van der Waals surface area contributed by atoms with Crippen molar-refractivity contribution in [3.05, 3.63) is 66.4 Å². The molecule has 1 aromatic heterocycles. The molecule has 0 saturated heterocycles. The third-order valence-corrected chi connectivity index (χ3v) is 3.69. The minimum Gasteiger partial charge on any atom is -0.312 e. The Labute approximate surface area is 124 Å². The van der Waals surface area contributed by atoms with E-state index in [1.54, 1.807) is 11.3 Å². The molecule has 0 amide bonds. The Morgan fingerprint density at radius 1 is 1.14 bits per heavy atom. The molecular weight excluding hydrogens is 294 g/mol. The molecule has 8 heteroatoms. The SMILES string of the molecule is O=[N+]([O-])c1ccc(CNCCc2ccsc2)c([N+](=O)[O-])c1. The van der Waals surface area contributed by atoms with E-state index in [1.807, 2.05) is 11.4 Å². The molecule has 0 spiro atoms. The lowest BCUT2D eigenvalue weighted by atomic mass is 10.1. The van der Waals surface area contributed by atoms with Crippen molar-refractivity contribution in [3.63, 3.8) is 0 Å². The molecule has 0 bridgehead atoms. The van der Waals surface area contributed by atoms with Crippen LogP contribution in [0.4, 0.5) is 11.4 Å². The monoisotopic (exact) mass is 307 g/mol. The molecule has 7 nitrogen and oxygen atoms in total. The largest absolute Gasteiger partial charge is 0.312 e. The number of hydrogen-bond donors (Lipinski definition) is 1. The molecule has 2 rings (SSSR count). The van der Waals surface area contributed by atoms with Gasteiger partial charge in [0.15, 0.2) is 0 Å². The van der Waals surface area contributed by atoms with Gasteiger partial charge in [0.05, 0.1) is 15.9 Å². The topological polar surface area (TPSA) is 98.3 Å². The molecule has 0 aliphatic heterocycles. The highest BCUT2D eigenvalue weighted by molar-refractivity contribution is 7.07. The van der Waals surface area contributed by atoms with Crippen LogP contribution >= 0.6 is 11.3 Å². The number of non-ortho nitro benzene ring substituents is 1. The summed E-state index contributed by atoms with van der Waals surface area (Å²) in [5.74, 6) is 0. The summed E-state index contributed by atoms with van der Waals surface area (Å²) in [5.41, 5.74) is 1.15. The molecule has 0 aliphatic carbocycles. The molecule has 0 aliphatic rings. The van der Waals surface area contributed by atoms with E-state index in [-0.39, 0.29) is 11.4 Å². The lowest BCUT2D eigenvalue weighted by molar-refractivity contribution is -0.394. The van der Waals surface area contributed by atoms with Crippen LogP contribution in [0.2, 0.25) is 0 Å². The molecular formula is C13H13N3O4S. The maximum absolute atomic E-state index is 11.0. The molecule has 0 fully saturated rings. The number of nitrogens with one attached hydrogen (secondary N) is 1. The van der Waals surface area contributed by atoms with Crippen molar-refractivity contribution in [3.8, 4) is 0 Å². The third kappa shape index (κ3) is 4.07. The maximum atomic E-state index is 11.0. The number of rotatable bonds is 7. The second-order valence-corrected chi connectivity index (χ2v) is 5.17. The molecule has 110 valence electrons. The first-order valence-corrected chi connectivity index (χ1v) is 7.15. The minimum atomic E-state index is -0.638. The van der Waals surface area contributed by atoms with Crippen molar-refractivity contribution in [1.29, 1.82) is 0 Å².